The molecule has 0 atom stereocenters. The molecule has 3 N–H and O–H groups in total. The number of nitrogens with zero attached hydrogens (tertiary/aromatic N) is 4. The molecule has 1 aromatic heterocycles. The Morgan fingerprint density at radius 3 is 2.91 bits per heavy atom. The maximum absolute atomic E-state index is 14.9. The van der Waals surface area contributed by atoms with E-state index in [9.17, 15) is 4.39 Å². The van der Waals surface area contributed by atoms with Gasteiger partial charge in [0, 0.05) is 26.0 Å². The summed E-state index contributed by atoms with van der Waals surface area (Å²) in [6, 6.07) is 12.2. The van der Waals surface area contributed by atoms with Crippen molar-refractivity contribution in [3.63, 3.8) is 0 Å². The molecule has 1 fully saturated rings. The van der Waals surface area contributed by atoms with E-state index in [2.05, 4.69) is 27.0 Å². The Kier molecular flexibility index (Phi) is 5.47. The molecular formula is C24H27FN6O2. The van der Waals surface area contributed by atoms with Crippen LogP contribution in [-0.4, -0.2) is 33.8 Å². The van der Waals surface area contributed by atoms with Crippen LogP contribution in [0, 0.1) is 5.53 Å². The molecule has 8 nitrogen and oxygen atoms in total. The van der Waals surface area contributed by atoms with E-state index in [1.807, 2.05) is 31.3 Å². The first-order valence-electron chi connectivity index (χ1n) is 11.2. The van der Waals surface area contributed by atoms with Crippen molar-refractivity contribution in [1.82, 2.24) is 9.55 Å². The number of amidine groups is 1. The first-order chi connectivity index (χ1) is 15.9. The van der Waals surface area contributed by atoms with Gasteiger partial charge in [-0.05, 0) is 55.0 Å². The highest BCUT2D eigenvalue weighted by Crippen LogP contribution is 2.35. The molecule has 0 spiro atoms. The molecule has 2 aromatic carbocycles. The molecule has 1 aliphatic heterocycles. The summed E-state index contributed by atoms with van der Waals surface area (Å²) in [6.45, 7) is 0.753. The average Bonchev–Trinajstić information content (AvgIpc) is 3.39. The maximum Gasteiger partial charge on any atom is 0.169 e. The van der Waals surface area contributed by atoms with Crippen molar-refractivity contribution in [1.29, 1.82) is 5.53 Å². The number of nitrogens with two attached hydrogens (primary N) is 1. The van der Waals surface area contributed by atoms with Crippen molar-refractivity contribution in [2.24, 2.45) is 23.1 Å². The molecule has 3 aromatic rings. The number of imidazole rings is 1. The Hall–Kier alpha value is -3.49. The van der Waals surface area contributed by atoms with Gasteiger partial charge in [0.05, 0.1) is 23.7 Å². The van der Waals surface area contributed by atoms with Gasteiger partial charge in [0.2, 0.25) is 0 Å². The molecule has 9 heteroatoms. The topological polar surface area (TPSA) is 111 Å². The van der Waals surface area contributed by atoms with E-state index in [0.29, 0.717) is 12.8 Å². The summed E-state index contributed by atoms with van der Waals surface area (Å²) < 4.78 is 28.8. The monoisotopic (exact) mass is 450 g/mol. The van der Waals surface area contributed by atoms with Gasteiger partial charge in [0.15, 0.2) is 11.5 Å². The van der Waals surface area contributed by atoms with Crippen LogP contribution in [-0.2, 0) is 19.9 Å². The van der Waals surface area contributed by atoms with Crippen LogP contribution in [0.25, 0.3) is 11.0 Å². The van der Waals surface area contributed by atoms with Crippen molar-refractivity contribution in [2.45, 2.75) is 50.3 Å². The average molecular weight is 451 g/mol. The molecule has 172 valence electrons. The fourth-order valence-corrected chi connectivity index (χ4v) is 4.75. The van der Waals surface area contributed by atoms with Crippen LogP contribution in [0.15, 0.2) is 46.7 Å². The zero-order valence-corrected chi connectivity index (χ0v) is 18.6. The molecule has 0 bridgehead atoms. The number of alkyl halides is 1. The maximum atomic E-state index is 14.9. The lowest BCUT2D eigenvalue weighted by atomic mass is 9.84. The van der Waals surface area contributed by atoms with Crippen molar-refractivity contribution in [3.8, 4) is 11.5 Å². The second kappa shape index (κ2) is 8.46. The van der Waals surface area contributed by atoms with Crippen LogP contribution in [0.3, 0.4) is 0 Å². The third kappa shape index (κ3) is 4.15. The highest BCUT2D eigenvalue weighted by molar-refractivity contribution is 5.88. The Labute approximate surface area is 191 Å². The minimum Gasteiger partial charge on any atom is -0.493 e. The Balaban J connectivity index is 1.28. The molecule has 2 aliphatic rings. The summed E-state index contributed by atoms with van der Waals surface area (Å²) in [5.41, 5.74) is 15.1. The summed E-state index contributed by atoms with van der Waals surface area (Å²) in [7, 11) is 2.03. The van der Waals surface area contributed by atoms with E-state index in [0.717, 1.165) is 47.8 Å². The number of nitrogens with one attached hydrogen (secondary N) is 1. The smallest absolute Gasteiger partial charge is 0.169 e. The lowest BCUT2D eigenvalue weighted by Gasteiger charge is -2.33. The molecule has 0 saturated heterocycles. The summed E-state index contributed by atoms with van der Waals surface area (Å²) >= 11 is 0. The molecular weight excluding hydrogens is 423 g/mol. The van der Waals surface area contributed by atoms with Crippen LogP contribution in [0.2, 0.25) is 0 Å². The number of fused-ring (bicyclic) bond motifs is 2. The van der Waals surface area contributed by atoms with E-state index >= 15 is 0 Å². The predicted molar refractivity (Wildman–Crippen MR) is 123 cm³/mol. The van der Waals surface area contributed by atoms with Gasteiger partial charge in [0.1, 0.15) is 17.3 Å². The van der Waals surface area contributed by atoms with E-state index < -0.39 is 5.67 Å². The number of ether oxygens (including phenoxy) is 2. The Bertz CT molecular complexity index is 1230. The summed E-state index contributed by atoms with van der Waals surface area (Å²) in [5.74, 6) is 2.46. The van der Waals surface area contributed by atoms with E-state index in [-0.39, 0.29) is 24.8 Å². The molecule has 0 unspecified atom stereocenters. The number of hydrogen-bond donors (Lipinski definition) is 2. The van der Waals surface area contributed by atoms with E-state index in [4.69, 9.17) is 25.7 Å². The van der Waals surface area contributed by atoms with Crippen molar-refractivity contribution in [3.05, 3.63) is 53.3 Å². The number of rotatable bonds is 6. The third-order valence-electron chi connectivity index (χ3n) is 6.71. The number of halogens is 1. The highest BCUT2D eigenvalue weighted by Gasteiger charge is 2.40. The van der Waals surface area contributed by atoms with Crippen LogP contribution in [0.4, 0.5) is 4.39 Å². The number of aromatic nitrogens is 2. The van der Waals surface area contributed by atoms with Gasteiger partial charge in [-0.25, -0.2) is 9.37 Å². The molecule has 0 amide bonds. The molecule has 1 saturated carbocycles. The third-order valence-corrected chi connectivity index (χ3v) is 6.71. The first-order valence-corrected chi connectivity index (χ1v) is 11.2. The second-order valence-corrected chi connectivity index (χ2v) is 8.82. The second-order valence-electron chi connectivity index (χ2n) is 8.82. The molecule has 1 aliphatic carbocycles. The molecule has 5 rings (SSSR count). The number of aryl methyl sites for hydroxylation is 1. The zero-order valence-electron chi connectivity index (χ0n) is 18.6. The van der Waals surface area contributed by atoms with Crippen molar-refractivity contribution >= 4 is 16.9 Å². The summed E-state index contributed by atoms with van der Waals surface area (Å²) in [6.07, 6.45) is 3.01. The quantitative estimate of drug-likeness (QED) is 0.250. The van der Waals surface area contributed by atoms with E-state index in [1.165, 1.54) is 11.1 Å². The fourth-order valence-electron chi connectivity index (χ4n) is 4.75. The Morgan fingerprint density at radius 1 is 1.30 bits per heavy atom. The minimum absolute atomic E-state index is 0.108. The summed E-state index contributed by atoms with van der Waals surface area (Å²) in [4.78, 5) is 4.85. The Morgan fingerprint density at radius 2 is 2.12 bits per heavy atom. The fraction of sp³-hybridized carbons (Fsp3) is 0.417. The normalized spacial score (nSPS) is 22.7. The molecule has 33 heavy (non-hydrogen) atoms. The largest absolute Gasteiger partial charge is 0.493 e. The zero-order chi connectivity index (χ0) is 23.0. The van der Waals surface area contributed by atoms with E-state index in [1.54, 1.807) is 0 Å². The SMILES string of the molecule is Cn1c(Cc2ccc3c(c2)CCO3)nc2cc(OC3CCC(F)(C(N)=NN=N)CC3)ccc21. The van der Waals surface area contributed by atoms with Crippen LogP contribution >= 0.6 is 0 Å². The standard InChI is InChI=1S/C24H27FN6O2/c1-31-20-4-3-18(33-17-6-9-24(25,10-7-17)23(26)29-30-27)14-19(20)28-22(31)13-15-2-5-21-16(12-15)8-11-32-21/h2-5,12,14,17H,6-11,13H2,1H3,(H3,26,27,29). The van der Waals surface area contributed by atoms with Crippen LogP contribution in [0.5, 0.6) is 11.5 Å². The van der Waals surface area contributed by atoms with Gasteiger partial charge in [-0.15, -0.1) is 5.10 Å². The van der Waals surface area contributed by atoms with Crippen molar-refractivity contribution < 1.29 is 13.9 Å². The first kappa shape index (κ1) is 21.4. The minimum atomic E-state index is -1.71. The lowest BCUT2D eigenvalue weighted by Crippen LogP contribution is -2.44. The number of hydrogen-bond acceptors (Lipinski definition) is 5. The van der Waals surface area contributed by atoms with Gasteiger partial charge in [-0.1, -0.05) is 17.4 Å². The van der Waals surface area contributed by atoms with Gasteiger partial charge >= 0.3 is 0 Å². The van der Waals surface area contributed by atoms with Crippen molar-refractivity contribution in [2.75, 3.05) is 6.61 Å². The van der Waals surface area contributed by atoms with Crippen LogP contribution < -0.4 is 15.2 Å². The number of benzene rings is 2. The summed E-state index contributed by atoms with van der Waals surface area (Å²) in [5, 5.41) is 6.22. The molecule has 0 radical (unpaired) electrons. The lowest BCUT2D eigenvalue weighted by molar-refractivity contribution is 0.0859. The van der Waals surface area contributed by atoms with Gasteiger partial charge in [-0.2, -0.15) is 5.53 Å². The molecule has 2 heterocycles. The predicted octanol–water partition coefficient (Wildman–Crippen LogP) is 4.43. The van der Waals surface area contributed by atoms with Gasteiger partial charge in [0.25, 0.3) is 0 Å². The van der Waals surface area contributed by atoms with Gasteiger partial charge in [-0.3, -0.25) is 0 Å². The van der Waals surface area contributed by atoms with Gasteiger partial charge < -0.3 is 19.8 Å². The highest BCUT2D eigenvalue weighted by atomic mass is 19.1. The van der Waals surface area contributed by atoms with Crippen LogP contribution in [0.1, 0.15) is 42.6 Å².